The van der Waals surface area contributed by atoms with E-state index < -0.39 is 0 Å². The number of benzene rings is 2. The van der Waals surface area contributed by atoms with E-state index in [1.54, 1.807) is 12.3 Å². The molecule has 2 heterocycles. The fourth-order valence-corrected chi connectivity index (χ4v) is 4.17. The number of carbonyl (C=O) groups excluding carboxylic acids is 1. The third-order valence-electron chi connectivity index (χ3n) is 5.36. The zero-order valence-electron chi connectivity index (χ0n) is 17.8. The van der Waals surface area contributed by atoms with Gasteiger partial charge in [0.05, 0.1) is 33.3 Å². The molecule has 32 heavy (non-hydrogen) atoms. The smallest absolute Gasteiger partial charge is 0.243 e. The van der Waals surface area contributed by atoms with Crippen molar-refractivity contribution < 1.29 is 4.79 Å². The molecule has 0 spiro atoms. The van der Waals surface area contributed by atoms with Crippen LogP contribution in [0.3, 0.4) is 0 Å². The topological polar surface area (TPSA) is 59.8 Å². The second-order valence-electron chi connectivity index (χ2n) is 7.66. The number of pyridine rings is 1. The van der Waals surface area contributed by atoms with Crippen molar-refractivity contribution in [2.75, 3.05) is 0 Å². The zero-order valence-corrected chi connectivity index (χ0v) is 19.3. The van der Waals surface area contributed by atoms with Gasteiger partial charge in [0, 0.05) is 12.6 Å². The molecule has 0 aliphatic heterocycles. The van der Waals surface area contributed by atoms with Crippen molar-refractivity contribution in [1.82, 2.24) is 19.9 Å². The standard InChI is InChI=1S/C25H24Cl2N4O/c1-2-7-23(25(32)29-16-18-8-5-6-13-28-18)31-22-10-4-3-9-21(22)30-24(31)15-17-11-12-19(26)20(27)14-17/h3-6,8-14,23H,2,7,15-16H2,1H3,(H,29,32)/t23-/m1/s1. The van der Waals surface area contributed by atoms with Gasteiger partial charge in [0.25, 0.3) is 0 Å². The Morgan fingerprint density at radius 1 is 1.06 bits per heavy atom. The lowest BCUT2D eigenvalue weighted by atomic mass is 10.1. The summed E-state index contributed by atoms with van der Waals surface area (Å²) in [5.41, 5.74) is 3.61. The Labute approximate surface area is 197 Å². The number of halogens is 2. The summed E-state index contributed by atoms with van der Waals surface area (Å²) in [6.07, 6.45) is 3.83. The van der Waals surface area contributed by atoms with Crippen molar-refractivity contribution in [3.05, 3.63) is 94.0 Å². The van der Waals surface area contributed by atoms with Gasteiger partial charge in [0.15, 0.2) is 0 Å². The molecule has 0 aliphatic rings. The monoisotopic (exact) mass is 466 g/mol. The average Bonchev–Trinajstić information content (AvgIpc) is 3.16. The summed E-state index contributed by atoms with van der Waals surface area (Å²) in [6.45, 7) is 2.46. The molecule has 4 rings (SSSR count). The van der Waals surface area contributed by atoms with Crippen LogP contribution >= 0.6 is 23.2 Å². The summed E-state index contributed by atoms with van der Waals surface area (Å²) in [4.78, 5) is 22.5. The van der Waals surface area contributed by atoms with Crippen molar-refractivity contribution in [1.29, 1.82) is 0 Å². The molecule has 2 aromatic heterocycles. The Morgan fingerprint density at radius 3 is 2.62 bits per heavy atom. The second-order valence-corrected chi connectivity index (χ2v) is 8.47. The number of imidazole rings is 1. The molecule has 7 heteroatoms. The van der Waals surface area contributed by atoms with Gasteiger partial charge in [-0.3, -0.25) is 9.78 Å². The van der Waals surface area contributed by atoms with Crippen LogP contribution in [0.1, 0.15) is 42.9 Å². The van der Waals surface area contributed by atoms with Gasteiger partial charge in [0.1, 0.15) is 11.9 Å². The fourth-order valence-electron chi connectivity index (χ4n) is 3.85. The van der Waals surface area contributed by atoms with Gasteiger partial charge in [0.2, 0.25) is 5.91 Å². The molecule has 0 radical (unpaired) electrons. The Hall–Kier alpha value is -2.89. The Bertz CT molecular complexity index is 1220. The van der Waals surface area contributed by atoms with Crippen LogP contribution in [0.15, 0.2) is 66.9 Å². The van der Waals surface area contributed by atoms with Crippen LogP contribution in [0.25, 0.3) is 11.0 Å². The molecule has 0 aliphatic carbocycles. The van der Waals surface area contributed by atoms with Crippen LogP contribution in [0.4, 0.5) is 0 Å². The molecule has 0 unspecified atom stereocenters. The quantitative estimate of drug-likeness (QED) is 0.347. The third-order valence-corrected chi connectivity index (χ3v) is 6.10. The average molecular weight is 467 g/mol. The third kappa shape index (κ3) is 4.95. The van der Waals surface area contributed by atoms with Crippen LogP contribution in [0, 0.1) is 0 Å². The highest BCUT2D eigenvalue weighted by atomic mass is 35.5. The van der Waals surface area contributed by atoms with Gasteiger partial charge in [-0.15, -0.1) is 0 Å². The first-order valence-corrected chi connectivity index (χ1v) is 11.4. The number of hydrogen-bond donors (Lipinski definition) is 1. The second kappa shape index (κ2) is 10.2. The molecule has 1 amide bonds. The number of rotatable bonds is 8. The molecule has 1 atom stereocenters. The number of para-hydroxylation sites is 2. The first-order chi connectivity index (χ1) is 15.6. The summed E-state index contributed by atoms with van der Waals surface area (Å²) in [5, 5.41) is 4.08. The van der Waals surface area contributed by atoms with Crippen molar-refractivity contribution in [3.63, 3.8) is 0 Å². The number of nitrogens with zero attached hydrogens (tertiary/aromatic N) is 3. The van der Waals surface area contributed by atoms with Crippen LogP contribution < -0.4 is 5.32 Å². The maximum absolute atomic E-state index is 13.3. The van der Waals surface area contributed by atoms with E-state index in [9.17, 15) is 4.79 Å². The van der Waals surface area contributed by atoms with Gasteiger partial charge >= 0.3 is 0 Å². The predicted molar refractivity (Wildman–Crippen MR) is 129 cm³/mol. The van der Waals surface area contributed by atoms with E-state index in [0.29, 0.717) is 29.4 Å². The number of amides is 1. The van der Waals surface area contributed by atoms with E-state index in [4.69, 9.17) is 28.2 Å². The number of aromatic nitrogens is 3. The highest BCUT2D eigenvalue weighted by Gasteiger charge is 2.25. The van der Waals surface area contributed by atoms with Crippen molar-refractivity contribution in [2.45, 2.75) is 38.8 Å². The van der Waals surface area contributed by atoms with Crippen LogP contribution in [-0.4, -0.2) is 20.4 Å². The molecule has 0 bridgehead atoms. The minimum Gasteiger partial charge on any atom is -0.349 e. The highest BCUT2D eigenvalue weighted by Crippen LogP contribution is 2.28. The molecule has 0 saturated carbocycles. The fraction of sp³-hybridized carbons (Fsp3) is 0.240. The molecule has 1 N–H and O–H groups in total. The minimum atomic E-state index is -0.381. The normalized spacial score (nSPS) is 12.1. The largest absolute Gasteiger partial charge is 0.349 e. The molecule has 2 aromatic carbocycles. The summed E-state index contributed by atoms with van der Waals surface area (Å²) in [6, 6.07) is 18.8. The summed E-state index contributed by atoms with van der Waals surface area (Å²) in [7, 11) is 0. The van der Waals surface area contributed by atoms with E-state index in [1.165, 1.54) is 0 Å². The van der Waals surface area contributed by atoms with E-state index >= 15 is 0 Å². The summed E-state index contributed by atoms with van der Waals surface area (Å²) < 4.78 is 2.06. The number of hydrogen-bond acceptors (Lipinski definition) is 3. The van der Waals surface area contributed by atoms with Gasteiger partial charge in [-0.1, -0.05) is 60.8 Å². The van der Waals surface area contributed by atoms with Crippen molar-refractivity contribution >= 4 is 40.1 Å². The van der Waals surface area contributed by atoms with Crippen molar-refractivity contribution in [3.8, 4) is 0 Å². The Kier molecular flexibility index (Phi) is 7.08. The lowest BCUT2D eigenvalue weighted by Gasteiger charge is -2.21. The van der Waals surface area contributed by atoms with Crippen LogP contribution in [0.5, 0.6) is 0 Å². The maximum atomic E-state index is 13.3. The van der Waals surface area contributed by atoms with Crippen molar-refractivity contribution in [2.24, 2.45) is 0 Å². The molecule has 0 fully saturated rings. The van der Waals surface area contributed by atoms with Gasteiger partial charge in [-0.25, -0.2) is 4.98 Å². The Morgan fingerprint density at radius 2 is 1.88 bits per heavy atom. The highest BCUT2D eigenvalue weighted by molar-refractivity contribution is 6.42. The first-order valence-electron chi connectivity index (χ1n) is 10.6. The van der Waals surface area contributed by atoms with Gasteiger partial charge < -0.3 is 9.88 Å². The van der Waals surface area contributed by atoms with E-state index in [0.717, 1.165) is 34.5 Å². The molecular weight excluding hydrogens is 443 g/mol. The summed E-state index contributed by atoms with van der Waals surface area (Å²) in [5.74, 6) is 0.770. The lowest BCUT2D eigenvalue weighted by molar-refractivity contribution is -0.124. The SMILES string of the molecule is CCC[C@H](C(=O)NCc1ccccn1)n1c(Cc2ccc(Cl)c(Cl)c2)nc2ccccc21. The molecule has 5 nitrogen and oxygen atoms in total. The van der Waals surface area contributed by atoms with E-state index in [-0.39, 0.29) is 11.9 Å². The predicted octanol–water partition coefficient (Wildman–Crippen LogP) is 5.99. The lowest BCUT2D eigenvalue weighted by Crippen LogP contribution is -2.33. The zero-order chi connectivity index (χ0) is 22.5. The molecule has 4 aromatic rings. The van der Waals surface area contributed by atoms with Gasteiger partial charge in [-0.05, 0) is 48.4 Å². The number of fused-ring (bicyclic) bond motifs is 1. The Balaban J connectivity index is 1.69. The maximum Gasteiger partial charge on any atom is 0.243 e. The minimum absolute atomic E-state index is 0.0453. The number of nitrogens with one attached hydrogen (secondary N) is 1. The van der Waals surface area contributed by atoms with E-state index in [1.807, 2.05) is 54.6 Å². The molecule has 0 saturated heterocycles. The van der Waals surface area contributed by atoms with E-state index in [2.05, 4.69) is 21.8 Å². The molecule has 164 valence electrons. The number of carbonyl (C=O) groups is 1. The van der Waals surface area contributed by atoms with Crippen LogP contribution in [-0.2, 0) is 17.8 Å². The first kappa shape index (κ1) is 22.3. The van der Waals surface area contributed by atoms with Crippen LogP contribution in [0.2, 0.25) is 10.0 Å². The summed E-state index contributed by atoms with van der Waals surface area (Å²) >= 11 is 12.3. The molecular formula is C25H24Cl2N4O. The van der Waals surface area contributed by atoms with Gasteiger partial charge in [-0.2, -0.15) is 0 Å².